The summed E-state index contributed by atoms with van der Waals surface area (Å²) in [6.07, 6.45) is 16.7. The minimum Gasteiger partial charge on any atom is -0.200 e. The Labute approximate surface area is 199 Å². The third-order valence-electron chi connectivity index (χ3n) is 10.1. The number of aromatic nitrogens is 1. The van der Waals surface area contributed by atoms with E-state index < -0.39 is 0 Å². The van der Waals surface area contributed by atoms with Gasteiger partial charge >= 0.3 is 0 Å². The van der Waals surface area contributed by atoms with E-state index in [2.05, 4.69) is 67.2 Å². The maximum atomic E-state index is 2.59. The Morgan fingerprint density at radius 3 is 2.21 bits per heavy atom. The topological polar surface area (TPSA) is 3.88 Å². The maximum absolute atomic E-state index is 2.59. The SMILES string of the molecule is Cc1ccc(C2CCCC2)cc1-c1c2ccc(C34CC5CC(CC(C5)C3)C4)cc2cc[n+]1C. The predicted octanol–water partition coefficient (Wildman–Crippen LogP) is 7.77. The van der Waals surface area contributed by atoms with E-state index in [4.69, 9.17) is 0 Å². The largest absolute Gasteiger partial charge is 0.220 e. The minimum atomic E-state index is 0.472. The quantitative estimate of drug-likeness (QED) is 0.369. The van der Waals surface area contributed by atoms with E-state index in [-0.39, 0.29) is 0 Å². The molecular weight excluding hydrogens is 398 g/mol. The van der Waals surface area contributed by atoms with Crippen LogP contribution in [0.4, 0.5) is 0 Å². The second-order valence-electron chi connectivity index (χ2n) is 12.3. The van der Waals surface area contributed by atoms with Crippen molar-refractivity contribution >= 4 is 10.8 Å². The molecule has 5 aliphatic rings. The summed E-state index contributed by atoms with van der Waals surface area (Å²) in [6, 6.07) is 17.2. The van der Waals surface area contributed by atoms with Gasteiger partial charge in [-0.2, -0.15) is 0 Å². The van der Waals surface area contributed by atoms with Gasteiger partial charge in [0.2, 0.25) is 5.69 Å². The highest BCUT2D eigenvalue weighted by Gasteiger charge is 2.51. The summed E-state index contributed by atoms with van der Waals surface area (Å²) in [5.41, 5.74) is 7.88. The van der Waals surface area contributed by atoms with Gasteiger partial charge in [0.05, 0.1) is 5.39 Å². The molecular formula is C32H38N+. The molecule has 5 aliphatic carbocycles. The van der Waals surface area contributed by atoms with Crippen molar-refractivity contribution in [1.29, 1.82) is 0 Å². The van der Waals surface area contributed by atoms with Gasteiger partial charge in [-0.3, -0.25) is 0 Å². The molecule has 0 amide bonds. The number of fused-ring (bicyclic) bond motifs is 1. The summed E-state index contributed by atoms with van der Waals surface area (Å²) in [5, 5.41) is 2.85. The summed E-state index contributed by atoms with van der Waals surface area (Å²) in [7, 11) is 2.23. The Hall–Kier alpha value is -2.15. The molecule has 33 heavy (non-hydrogen) atoms. The van der Waals surface area contributed by atoms with Gasteiger partial charge in [-0.15, -0.1) is 0 Å². The Bertz CT molecular complexity index is 1190. The Morgan fingerprint density at radius 1 is 0.818 bits per heavy atom. The van der Waals surface area contributed by atoms with Crippen molar-refractivity contribution in [1.82, 2.24) is 0 Å². The van der Waals surface area contributed by atoms with Crippen molar-refractivity contribution < 1.29 is 4.57 Å². The fourth-order valence-electron chi connectivity index (χ4n) is 8.91. The van der Waals surface area contributed by atoms with E-state index in [1.54, 1.807) is 11.1 Å². The Balaban J connectivity index is 1.34. The molecule has 0 radical (unpaired) electrons. The zero-order valence-corrected chi connectivity index (χ0v) is 20.4. The average molecular weight is 437 g/mol. The second kappa shape index (κ2) is 7.42. The van der Waals surface area contributed by atoms with E-state index in [1.165, 1.54) is 91.8 Å². The van der Waals surface area contributed by atoms with Crippen molar-refractivity contribution in [3.63, 3.8) is 0 Å². The summed E-state index contributed by atoms with van der Waals surface area (Å²) in [4.78, 5) is 0. The molecule has 1 aromatic heterocycles. The molecule has 2 aromatic carbocycles. The van der Waals surface area contributed by atoms with Crippen LogP contribution in [0.2, 0.25) is 0 Å². The van der Waals surface area contributed by atoms with Crippen LogP contribution in [0.15, 0.2) is 48.7 Å². The molecule has 1 heteroatoms. The zero-order valence-electron chi connectivity index (χ0n) is 20.4. The van der Waals surface area contributed by atoms with E-state index in [1.807, 2.05) is 0 Å². The normalized spacial score (nSPS) is 31.0. The van der Waals surface area contributed by atoms with Gasteiger partial charge in [0, 0.05) is 11.6 Å². The standard InChI is InChI=1S/C32H38N/c1-21-7-8-26(25-5-3-4-6-25)17-30(21)31-29-10-9-28(16-27(29)11-12-33(31)2)32-18-22-13-23(19-32)15-24(14-22)20-32/h7-12,16-17,22-25H,3-6,13-15,18-20H2,1-2H3/q+1. The number of hydrogen-bond donors (Lipinski definition) is 0. The highest BCUT2D eigenvalue weighted by Crippen LogP contribution is 2.60. The van der Waals surface area contributed by atoms with Gasteiger partial charge in [0.25, 0.3) is 0 Å². The van der Waals surface area contributed by atoms with Gasteiger partial charge in [-0.05, 0) is 122 Å². The molecule has 0 atom stereocenters. The lowest BCUT2D eigenvalue weighted by Crippen LogP contribution is -2.48. The molecule has 5 saturated carbocycles. The summed E-state index contributed by atoms with van der Waals surface area (Å²) in [6.45, 7) is 2.29. The molecule has 0 aliphatic heterocycles. The van der Waals surface area contributed by atoms with Crippen LogP contribution < -0.4 is 4.57 Å². The Kier molecular flexibility index (Phi) is 4.55. The van der Waals surface area contributed by atoms with E-state index in [0.717, 1.165) is 23.7 Å². The minimum absolute atomic E-state index is 0.472. The number of rotatable bonds is 3. The van der Waals surface area contributed by atoms with Crippen LogP contribution in [-0.4, -0.2) is 0 Å². The van der Waals surface area contributed by atoms with Gasteiger partial charge in [-0.25, -0.2) is 4.57 Å². The van der Waals surface area contributed by atoms with Crippen molar-refractivity contribution in [3.8, 4) is 11.3 Å². The fraction of sp³-hybridized carbons (Fsp3) is 0.531. The first-order valence-corrected chi connectivity index (χ1v) is 13.6. The first kappa shape index (κ1) is 20.2. The maximum Gasteiger partial charge on any atom is 0.220 e. The van der Waals surface area contributed by atoms with Crippen LogP contribution in [0.25, 0.3) is 22.0 Å². The van der Waals surface area contributed by atoms with Gasteiger partial charge in [-0.1, -0.05) is 37.1 Å². The molecule has 0 spiro atoms. The Morgan fingerprint density at radius 2 is 1.52 bits per heavy atom. The summed E-state index contributed by atoms with van der Waals surface area (Å²) in [5.74, 6) is 3.75. The highest BCUT2D eigenvalue weighted by atomic mass is 14.9. The lowest BCUT2D eigenvalue weighted by atomic mass is 9.48. The molecule has 0 N–H and O–H groups in total. The molecule has 1 nitrogen and oxygen atoms in total. The van der Waals surface area contributed by atoms with Crippen LogP contribution in [0, 0.1) is 24.7 Å². The van der Waals surface area contributed by atoms with E-state index in [0.29, 0.717) is 5.41 Å². The van der Waals surface area contributed by atoms with E-state index >= 15 is 0 Å². The lowest BCUT2D eigenvalue weighted by molar-refractivity contribution is -0.659. The molecule has 8 rings (SSSR count). The molecule has 3 aromatic rings. The molecule has 1 heterocycles. The number of nitrogens with zero attached hydrogens (tertiary/aromatic N) is 1. The first-order chi connectivity index (χ1) is 16.1. The third kappa shape index (κ3) is 3.22. The van der Waals surface area contributed by atoms with E-state index in [9.17, 15) is 0 Å². The van der Waals surface area contributed by atoms with Crippen molar-refractivity contribution in [2.45, 2.75) is 82.5 Å². The molecule has 5 fully saturated rings. The zero-order chi connectivity index (χ0) is 22.2. The molecule has 0 unspecified atom stereocenters. The van der Waals surface area contributed by atoms with Crippen molar-refractivity contribution in [3.05, 3.63) is 65.4 Å². The summed E-state index contributed by atoms with van der Waals surface area (Å²) < 4.78 is 2.35. The molecule has 4 bridgehead atoms. The van der Waals surface area contributed by atoms with Crippen LogP contribution in [0.5, 0.6) is 0 Å². The van der Waals surface area contributed by atoms with Crippen LogP contribution in [-0.2, 0) is 12.5 Å². The third-order valence-corrected chi connectivity index (χ3v) is 10.1. The monoisotopic (exact) mass is 436 g/mol. The number of pyridine rings is 1. The van der Waals surface area contributed by atoms with Crippen LogP contribution in [0.3, 0.4) is 0 Å². The second-order valence-corrected chi connectivity index (χ2v) is 12.3. The van der Waals surface area contributed by atoms with Crippen molar-refractivity contribution in [2.24, 2.45) is 24.8 Å². The van der Waals surface area contributed by atoms with Gasteiger partial charge < -0.3 is 0 Å². The molecule has 0 saturated heterocycles. The molecule has 170 valence electrons. The fourth-order valence-corrected chi connectivity index (χ4v) is 8.91. The van der Waals surface area contributed by atoms with Gasteiger partial charge in [0.15, 0.2) is 6.20 Å². The first-order valence-electron chi connectivity index (χ1n) is 13.6. The summed E-state index contributed by atoms with van der Waals surface area (Å²) >= 11 is 0. The number of hydrogen-bond acceptors (Lipinski definition) is 0. The lowest BCUT2D eigenvalue weighted by Gasteiger charge is -2.57. The predicted molar refractivity (Wildman–Crippen MR) is 136 cm³/mol. The number of aryl methyl sites for hydroxylation is 2. The number of benzene rings is 2. The van der Waals surface area contributed by atoms with Crippen LogP contribution in [0.1, 0.15) is 86.8 Å². The van der Waals surface area contributed by atoms with Crippen LogP contribution >= 0.6 is 0 Å². The smallest absolute Gasteiger partial charge is 0.200 e. The highest BCUT2D eigenvalue weighted by molar-refractivity contribution is 5.94. The van der Waals surface area contributed by atoms with Crippen molar-refractivity contribution in [2.75, 3.05) is 0 Å². The average Bonchev–Trinajstić information content (AvgIpc) is 3.34. The van der Waals surface area contributed by atoms with Gasteiger partial charge in [0.1, 0.15) is 7.05 Å².